The fourth-order valence-corrected chi connectivity index (χ4v) is 5.20. The van der Waals surface area contributed by atoms with Gasteiger partial charge in [-0.05, 0) is 30.4 Å². The molecule has 152 valence electrons. The Balaban J connectivity index is 1.56. The van der Waals surface area contributed by atoms with E-state index in [2.05, 4.69) is 10.3 Å². The normalized spacial score (nSPS) is 14.9. The number of carbonyl (C=O) groups is 1. The van der Waals surface area contributed by atoms with Crippen LogP contribution in [-0.4, -0.2) is 27.3 Å². The monoisotopic (exact) mass is 431 g/mol. The lowest BCUT2D eigenvalue weighted by atomic mass is 9.95. The number of thioether (sulfide) groups is 1. The second-order valence-corrected chi connectivity index (χ2v) is 9.06. The SMILES string of the molecule is O=C(CSc1nc2ccsc2c(=O)n1Cc1ccccc1F)NC1CCCCC1. The Labute approximate surface area is 176 Å². The van der Waals surface area contributed by atoms with Crippen LogP contribution in [0, 0.1) is 5.82 Å². The van der Waals surface area contributed by atoms with Crippen LogP contribution in [0.4, 0.5) is 4.39 Å². The number of amides is 1. The molecule has 3 aromatic rings. The molecule has 1 amide bonds. The quantitative estimate of drug-likeness (QED) is 0.470. The van der Waals surface area contributed by atoms with Crippen LogP contribution in [0.15, 0.2) is 45.7 Å². The number of nitrogens with one attached hydrogen (secondary N) is 1. The van der Waals surface area contributed by atoms with E-state index >= 15 is 0 Å². The highest BCUT2D eigenvalue weighted by Gasteiger charge is 2.18. The lowest BCUT2D eigenvalue weighted by Gasteiger charge is -2.22. The Morgan fingerprint density at radius 3 is 2.83 bits per heavy atom. The molecule has 0 aliphatic heterocycles. The van der Waals surface area contributed by atoms with Gasteiger partial charge in [0.15, 0.2) is 5.16 Å². The zero-order chi connectivity index (χ0) is 20.2. The molecule has 2 aromatic heterocycles. The number of fused-ring (bicyclic) bond motifs is 1. The van der Waals surface area contributed by atoms with Gasteiger partial charge < -0.3 is 5.32 Å². The number of rotatable bonds is 6. The second kappa shape index (κ2) is 9.09. The smallest absolute Gasteiger partial charge is 0.272 e. The number of thiophene rings is 1. The molecule has 0 radical (unpaired) electrons. The summed E-state index contributed by atoms with van der Waals surface area (Å²) in [4.78, 5) is 30.0. The molecule has 1 N–H and O–H groups in total. The summed E-state index contributed by atoms with van der Waals surface area (Å²) in [6.07, 6.45) is 5.57. The van der Waals surface area contributed by atoms with Gasteiger partial charge in [0.05, 0.1) is 17.8 Å². The van der Waals surface area contributed by atoms with Crippen LogP contribution in [-0.2, 0) is 11.3 Å². The van der Waals surface area contributed by atoms with Crippen LogP contribution < -0.4 is 10.9 Å². The van der Waals surface area contributed by atoms with Gasteiger partial charge >= 0.3 is 0 Å². The number of aromatic nitrogens is 2. The van der Waals surface area contributed by atoms with Gasteiger partial charge in [0.25, 0.3) is 5.56 Å². The summed E-state index contributed by atoms with van der Waals surface area (Å²) in [5.41, 5.74) is 0.823. The minimum Gasteiger partial charge on any atom is -0.353 e. The molecule has 0 saturated heterocycles. The van der Waals surface area contributed by atoms with Crippen molar-refractivity contribution in [2.24, 2.45) is 0 Å². The van der Waals surface area contributed by atoms with Crippen molar-refractivity contribution in [1.29, 1.82) is 0 Å². The molecule has 29 heavy (non-hydrogen) atoms. The summed E-state index contributed by atoms with van der Waals surface area (Å²) in [7, 11) is 0. The van der Waals surface area contributed by atoms with Gasteiger partial charge in [-0.3, -0.25) is 14.2 Å². The molecule has 0 atom stereocenters. The average Bonchev–Trinajstić information content (AvgIpc) is 3.20. The molecule has 1 aromatic carbocycles. The maximum absolute atomic E-state index is 14.2. The highest BCUT2D eigenvalue weighted by molar-refractivity contribution is 7.99. The number of nitrogens with zero attached hydrogens (tertiary/aromatic N) is 2. The fraction of sp³-hybridized carbons (Fsp3) is 0.381. The average molecular weight is 432 g/mol. The summed E-state index contributed by atoms with van der Waals surface area (Å²) < 4.78 is 16.2. The second-order valence-electron chi connectivity index (χ2n) is 7.20. The van der Waals surface area contributed by atoms with Crippen LogP contribution in [0.5, 0.6) is 0 Å². The Morgan fingerprint density at radius 1 is 1.24 bits per heavy atom. The van der Waals surface area contributed by atoms with E-state index in [9.17, 15) is 14.0 Å². The Morgan fingerprint density at radius 2 is 2.03 bits per heavy atom. The predicted molar refractivity (Wildman–Crippen MR) is 115 cm³/mol. The van der Waals surface area contributed by atoms with Gasteiger partial charge in [0, 0.05) is 11.6 Å². The van der Waals surface area contributed by atoms with E-state index < -0.39 is 0 Å². The van der Waals surface area contributed by atoms with E-state index in [0.717, 1.165) is 25.7 Å². The van der Waals surface area contributed by atoms with Gasteiger partial charge in [0.1, 0.15) is 10.5 Å². The number of hydrogen-bond donors (Lipinski definition) is 1. The zero-order valence-electron chi connectivity index (χ0n) is 15.9. The Bertz CT molecular complexity index is 1070. The fourth-order valence-electron chi connectivity index (χ4n) is 3.62. The third kappa shape index (κ3) is 4.70. The third-order valence-electron chi connectivity index (χ3n) is 5.12. The van der Waals surface area contributed by atoms with Gasteiger partial charge in [-0.25, -0.2) is 9.37 Å². The van der Waals surface area contributed by atoms with E-state index in [0.29, 0.717) is 20.9 Å². The van der Waals surface area contributed by atoms with Gasteiger partial charge in [-0.15, -0.1) is 11.3 Å². The lowest BCUT2D eigenvalue weighted by molar-refractivity contribution is -0.119. The molecule has 1 aliphatic rings. The van der Waals surface area contributed by atoms with Crippen molar-refractivity contribution in [3.05, 3.63) is 57.4 Å². The van der Waals surface area contributed by atoms with E-state index in [1.165, 1.54) is 40.2 Å². The minimum atomic E-state index is -0.364. The number of hydrogen-bond acceptors (Lipinski definition) is 5. The minimum absolute atomic E-state index is 0.0565. The molecule has 4 rings (SSSR count). The molecular formula is C21H22FN3O2S2. The lowest BCUT2D eigenvalue weighted by Crippen LogP contribution is -2.37. The van der Waals surface area contributed by atoms with Gasteiger partial charge in [0.2, 0.25) is 5.91 Å². The first-order valence-electron chi connectivity index (χ1n) is 9.75. The molecule has 5 nitrogen and oxygen atoms in total. The zero-order valence-corrected chi connectivity index (χ0v) is 17.5. The molecule has 8 heteroatoms. The summed E-state index contributed by atoms with van der Waals surface area (Å²) in [5, 5.41) is 5.33. The van der Waals surface area contributed by atoms with Crippen molar-refractivity contribution in [2.75, 3.05) is 5.75 Å². The summed E-state index contributed by atoms with van der Waals surface area (Å²) in [6.45, 7) is 0.0823. The van der Waals surface area contributed by atoms with Gasteiger partial charge in [-0.2, -0.15) is 0 Å². The highest BCUT2D eigenvalue weighted by atomic mass is 32.2. The summed E-state index contributed by atoms with van der Waals surface area (Å²) >= 11 is 2.54. The van der Waals surface area contributed by atoms with Crippen molar-refractivity contribution in [3.63, 3.8) is 0 Å². The Kier molecular flexibility index (Phi) is 6.30. The molecule has 2 heterocycles. The van der Waals surface area contributed by atoms with Crippen LogP contribution in [0.3, 0.4) is 0 Å². The molecular weight excluding hydrogens is 409 g/mol. The van der Waals surface area contributed by atoms with Crippen molar-refractivity contribution < 1.29 is 9.18 Å². The van der Waals surface area contributed by atoms with Crippen LogP contribution in [0.2, 0.25) is 0 Å². The number of benzene rings is 1. The molecule has 1 saturated carbocycles. The van der Waals surface area contributed by atoms with Crippen molar-refractivity contribution >= 4 is 39.2 Å². The summed E-state index contributed by atoms with van der Waals surface area (Å²) in [5.74, 6) is -0.244. The molecule has 0 spiro atoms. The largest absolute Gasteiger partial charge is 0.353 e. The molecule has 1 fully saturated rings. The number of halogens is 1. The summed E-state index contributed by atoms with van der Waals surface area (Å²) in [6, 6.07) is 8.43. The first kappa shape index (κ1) is 20.1. The first-order chi connectivity index (χ1) is 14.1. The standard InChI is InChI=1S/C21H22FN3O2S2/c22-16-9-5-4-6-14(16)12-25-20(27)19-17(10-11-28-19)24-21(25)29-13-18(26)23-15-7-2-1-3-8-15/h4-6,9-11,15H,1-3,7-8,12-13H2,(H,23,26). The highest BCUT2D eigenvalue weighted by Crippen LogP contribution is 2.23. The number of carbonyl (C=O) groups excluding carboxylic acids is 1. The van der Waals surface area contributed by atoms with Crippen molar-refractivity contribution in [1.82, 2.24) is 14.9 Å². The maximum Gasteiger partial charge on any atom is 0.272 e. The first-order valence-corrected chi connectivity index (χ1v) is 11.6. The topological polar surface area (TPSA) is 64.0 Å². The van der Waals surface area contributed by atoms with Crippen molar-refractivity contribution in [3.8, 4) is 0 Å². The predicted octanol–water partition coefficient (Wildman–Crippen LogP) is 4.19. The van der Waals surface area contributed by atoms with E-state index in [-0.39, 0.29) is 35.6 Å². The van der Waals surface area contributed by atoms with E-state index in [4.69, 9.17) is 0 Å². The molecule has 0 bridgehead atoms. The Hall–Kier alpha value is -2.19. The molecule has 0 unspecified atom stereocenters. The molecule has 1 aliphatic carbocycles. The third-order valence-corrected chi connectivity index (χ3v) is 6.99. The maximum atomic E-state index is 14.2. The van der Waals surface area contributed by atoms with Crippen LogP contribution in [0.1, 0.15) is 37.7 Å². The van der Waals surface area contributed by atoms with Gasteiger partial charge in [-0.1, -0.05) is 49.2 Å². The van der Waals surface area contributed by atoms with Crippen LogP contribution >= 0.6 is 23.1 Å². The van der Waals surface area contributed by atoms with E-state index in [1.807, 2.05) is 5.38 Å². The van der Waals surface area contributed by atoms with Crippen molar-refractivity contribution in [2.45, 2.75) is 49.8 Å². The van der Waals surface area contributed by atoms with E-state index in [1.54, 1.807) is 24.3 Å². The van der Waals surface area contributed by atoms with Crippen LogP contribution in [0.25, 0.3) is 10.2 Å².